The molecule has 2 aliphatic rings. The number of nitrogens with zero attached hydrogens (tertiary/aromatic N) is 2. The summed E-state index contributed by atoms with van der Waals surface area (Å²) in [6.07, 6.45) is 5.42. The first-order valence-corrected chi connectivity index (χ1v) is 11.5. The Balaban J connectivity index is 1.35. The molecule has 1 saturated heterocycles. The molecule has 2 N–H and O–H groups in total. The van der Waals surface area contributed by atoms with Gasteiger partial charge in [0.25, 0.3) is 17.4 Å². The standard InChI is InChI=1S/C25H24N4O6/c1-15-13-19(11-12-20(15)21-29-26-14-33-21)34-17-7-9-18(10-8-17)35-25(16-5-3-2-4-6-16)22(30)27-24(32)28-23(25)31/h7-14,16H,2-6H2,1H3,(H2,27,28,30,31,32). The third kappa shape index (κ3) is 4.34. The molecule has 180 valence electrons. The predicted octanol–water partition coefficient (Wildman–Crippen LogP) is 3.90. The van der Waals surface area contributed by atoms with Crippen molar-refractivity contribution >= 4 is 17.8 Å². The number of hydrogen-bond donors (Lipinski definition) is 2. The molecular weight excluding hydrogens is 452 g/mol. The lowest BCUT2D eigenvalue weighted by molar-refractivity contribution is -0.158. The van der Waals surface area contributed by atoms with Crippen molar-refractivity contribution in [3.05, 3.63) is 54.4 Å². The van der Waals surface area contributed by atoms with E-state index in [0.29, 0.717) is 36.0 Å². The first-order valence-electron chi connectivity index (χ1n) is 11.5. The van der Waals surface area contributed by atoms with Gasteiger partial charge in [-0.1, -0.05) is 19.3 Å². The van der Waals surface area contributed by atoms with Crippen LogP contribution in [-0.2, 0) is 9.59 Å². The van der Waals surface area contributed by atoms with Gasteiger partial charge in [0.2, 0.25) is 12.3 Å². The van der Waals surface area contributed by atoms with Gasteiger partial charge in [-0.2, -0.15) is 0 Å². The van der Waals surface area contributed by atoms with Crippen LogP contribution in [-0.4, -0.2) is 33.6 Å². The lowest BCUT2D eigenvalue weighted by atomic mass is 9.75. The quantitative estimate of drug-likeness (QED) is 0.512. The smallest absolute Gasteiger partial charge is 0.328 e. The normalized spacial score (nSPS) is 18.0. The Hall–Kier alpha value is -4.21. The lowest BCUT2D eigenvalue weighted by Gasteiger charge is -2.41. The number of aromatic nitrogens is 2. The molecule has 0 bridgehead atoms. The Kier molecular flexibility index (Phi) is 5.94. The van der Waals surface area contributed by atoms with Crippen LogP contribution >= 0.6 is 0 Å². The Morgan fingerprint density at radius 2 is 1.57 bits per heavy atom. The predicted molar refractivity (Wildman–Crippen MR) is 123 cm³/mol. The van der Waals surface area contributed by atoms with Gasteiger partial charge in [0.1, 0.15) is 17.2 Å². The summed E-state index contributed by atoms with van der Waals surface area (Å²) < 4.78 is 17.3. The van der Waals surface area contributed by atoms with Gasteiger partial charge in [0, 0.05) is 11.5 Å². The molecule has 5 rings (SSSR count). The molecule has 0 radical (unpaired) electrons. The highest BCUT2D eigenvalue weighted by atomic mass is 16.5. The van der Waals surface area contributed by atoms with Crippen LogP contribution < -0.4 is 20.1 Å². The highest BCUT2D eigenvalue weighted by molar-refractivity contribution is 6.22. The fourth-order valence-electron chi connectivity index (χ4n) is 4.71. The van der Waals surface area contributed by atoms with Gasteiger partial charge in [-0.15, -0.1) is 10.2 Å². The van der Waals surface area contributed by atoms with Crippen LogP contribution in [0.4, 0.5) is 4.79 Å². The molecule has 1 aromatic heterocycles. The van der Waals surface area contributed by atoms with E-state index in [1.165, 1.54) is 6.39 Å². The average Bonchev–Trinajstić information content (AvgIpc) is 3.38. The number of aryl methyl sites for hydroxylation is 1. The SMILES string of the molecule is Cc1cc(Oc2ccc(OC3(C4CCCCC4)C(=O)NC(=O)NC3=O)cc2)ccc1-c1nnco1. The number of hydrogen-bond acceptors (Lipinski definition) is 8. The van der Waals surface area contributed by atoms with Crippen molar-refractivity contribution in [2.75, 3.05) is 0 Å². The monoisotopic (exact) mass is 476 g/mol. The van der Waals surface area contributed by atoms with Crippen LogP contribution in [0.1, 0.15) is 37.7 Å². The molecule has 2 fully saturated rings. The maximum absolute atomic E-state index is 12.9. The molecule has 10 heteroatoms. The van der Waals surface area contributed by atoms with E-state index < -0.39 is 23.4 Å². The second kappa shape index (κ2) is 9.21. The highest BCUT2D eigenvalue weighted by Crippen LogP contribution is 2.38. The maximum Gasteiger partial charge on any atom is 0.328 e. The number of carbonyl (C=O) groups excluding carboxylic acids is 3. The van der Waals surface area contributed by atoms with Crippen LogP contribution in [0, 0.1) is 12.8 Å². The van der Waals surface area contributed by atoms with Crippen LogP contribution in [0.5, 0.6) is 17.2 Å². The van der Waals surface area contributed by atoms with E-state index in [1.807, 2.05) is 19.1 Å². The number of carbonyl (C=O) groups is 3. The maximum atomic E-state index is 12.9. The van der Waals surface area contributed by atoms with Gasteiger partial charge in [-0.05, 0) is 67.8 Å². The summed E-state index contributed by atoms with van der Waals surface area (Å²) in [5, 5.41) is 12.0. The minimum absolute atomic E-state index is 0.325. The average molecular weight is 476 g/mol. The molecule has 10 nitrogen and oxygen atoms in total. The number of benzene rings is 2. The zero-order chi connectivity index (χ0) is 24.4. The van der Waals surface area contributed by atoms with Crippen molar-refractivity contribution in [3.63, 3.8) is 0 Å². The number of barbiturate groups is 1. The van der Waals surface area contributed by atoms with Gasteiger partial charge < -0.3 is 13.9 Å². The zero-order valence-electron chi connectivity index (χ0n) is 19.1. The Labute approximate surface area is 201 Å². The minimum atomic E-state index is -1.79. The molecule has 0 unspecified atom stereocenters. The fourth-order valence-corrected chi connectivity index (χ4v) is 4.71. The molecule has 35 heavy (non-hydrogen) atoms. The van der Waals surface area contributed by atoms with Gasteiger partial charge in [-0.25, -0.2) is 4.79 Å². The summed E-state index contributed by atoms with van der Waals surface area (Å²) in [5.74, 6) is 0.126. The first-order chi connectivity index (χ1) is 17.0. The molecule has 2 aromatic carbocycles. The van der Waals surface area contributed by atoms with Crippen molar-refractivity contribution in [1.29, 1.82) is 0 Å². The zero-order valence-corrected chi connectivity index (χ0v) is 19.1. The van der Waals surface area contributed by atoms with Crippen molar-refractivity contribution in [2.45, 2.75) is 44.6 Å². The topological polar surface area (TPSA) is 133 Å². The third-order valence-electron chi connectivity index (χ3n) is 6.44. The number of urea groups is 1. The molecule has 3 aromatic rings. The molecule has 1 aliphatic heterocycles. The molecule has 1 saturated carbocycles. The van der Waals surface area contributed by atoms with E-state index in [-0.39, 0.29) is 5.92 Å². The summed E-state index contributed by atoms with van der Waals surface area (Å²) in [7, 11) is 0. The number of ether oxygens (including phenoxy) is 2. The van der Waals surface area contributed by atoms with E-state index in [0.717, 1.165) is 30.4 Å². The van der Waals surface area contributed by atoms with E-state index in [2.05, 4.69) is 20.8 Å². The summed E-state index contributed by atoms with van der Waals surface area (Å²) in [4.78, 5) is 37.6. The fraction of sp³-hybridized carbons (Fsp3) is 0.320. The van der Waals surface area contributed by atoms with Crippen LogP contribution in [0.2, 0.25) is 0 Å². The Morgan fingerprint density at radius 1 is 0.914 bits per heavy atom. The summed E-state index contributed by atoms with van der Waals surface area (Å²) >= 11 is 0. The second-order valence-corrected chi connectivity index (χ2v) is 8.70. The van der Waals surface area contributed by atoms with E-state index in [4.69, 9.17) is 13.9 Å². The summed E-state index contributed by atoms with van der Waals surface area (Å²) in [6, 6.07) is 11.3. The van der Waals surface area contributed by atoms with E-state index in [1.54, 1.807) is 30.3 Å². The van der Waals surface area contributed by atoms with Gasteiger partial charge in [0.15, 0.2) is 0 Å². The van der Waals surface area contributed by atoms with Crippen molar-refractivity contribution < 1.29 is 28.3 Å². The largest absolute Gasteiger partial charge is 0.467 e. The minimum Gasteiger partial charge on any atom is -0.467 e. The van der Waals surface area contributed by atoms with Gasteiger partial charge in [-0.3, -0.25) is 20.2 Å². The third-order valence-corrected chi connectivity index (χ3v) is 6.44. The van der Waals surface area contributed by atoms with Crippen molar-refractivity contribution in [1.82, 2.24) is 20.8 Å². The molecule has 1 aliphatic carbocycles. The number of amides is 4. The van der Waals surface area contributed by atoms with Gasteiger partial charge in [0.05, 0.1) is 0 Å². The Bertz CT molecular complexity index is 1230. The summed E-state index contributed by atoms with van der Waals surface area (Å²) in [6.45, 7) is 1.92. The molecule has 0 spiro atoms. The van der Waals surface area contributed by atoms with Crippen LogP contribution in [0.3, 0.4) is 0 Å². The van der Waals surface area contributed by atoms with Crippen LogP contribution in [0.15, 0.2) is 53.3 Å². The highest BCUT2D eigenvalue weighted by Gasteiger charge is 2.58. The number of rotatable bonds is 6. The van der Waals surface area contributed by atoms with Crippen LogP contribution in [0.25, 0.3) is 11.5 Å². The number of imide groups is 2. The Morgan fingerprint density at radius 3 is 2.20 bits per heavy atom. The van der Waals surface area contributed by atoms with Crippen molar-refractivity contribution in [2.24, 2.45) is 5.92 Å². The molecule has 0 atom stereocenters. The molecule has 4 amide bonds. The van der Waals surface area contributed by atoms with Gasteiger partial charge >= 0.3 is 6.03 Å². The molecular formula is C25H24N4O6. The first kappa shape index (κ1) is 22.6. The summed E-state index contributed by atoms with van der Waals surface area (Å²) in [5.41, 5.74) is -0.0719. The second-order valence-electron chi connectivity index (χ2n) is 8.70. The van der Waals surface area contributed by atoms with Crippen molar-refractivity contribution in [3.8, 4) is 28.7 Å². The van der Waals surface area contributed by atoms with E-state index >= 15 is 0 Å². The number of nitrogens with one attached hydrogen (secondary N) is 2. The molecule has 2 heterocycles. The van der Waals surface area contributed by atoms with E-state index in [9.17, 15) is 14.4 Å². The lowest BCUT2D eigenvalue weighted by Crippen LogP contribution is -2.72.